The number of phosphoric acid groups is 1. The van der Waals surface area contributed by atoms with Crippen LogP contribution in [0.3, 0.4) is 0 Å². The average molecular weight is 1250 g/mol. The lowest BCUT2D eigenvalue weighted by molar-refractivity contribution is 0.295. The average Bonchev–Trinajstić information content (AvgIpc) is 1.70. The van der Waals surface area contributed by atoms with Gasteiger partial charge in [-0.15, -0.1) is 0 Å². The van der Waals surface area contributed by atoms with Crippen molar-refractivity contribution in [2.75, 3.05) is 0 Å². The molecule has 0 saturated carbocycles. The van der Waals surface area contributed by atoms with Gasteiger partial charge in [-0.3, -0.25) is 4.89 Å². The first-order valence-corrected chi connectivity index (χ1v) is 35.1. The lowest BCUT2D eigenvalue weighted by atomic mass is 9.77. The van der Waals surface area contributed by atoms with Crippen LogP contribution in [0.2, 0.25) is 0 Å². The Morgan fingerprint density at radius 1 is 0.258 bits per heavy atom. The SMILES string of the molecule is CC(C)(C)c1cc(-c2cc(-c3cc(C(C)(C)C)cc(C(C)(C)C)c3)cc(-c3cc4ccccc4c4c3OP(=O)(O)Oc3c(-c5cc(-c6cc(C(C)(C)C)cc(C(C)(C)C)c6)cc(-c6cc(C(C)(C)C)cc(C(C)(C)C)c6)c5)cc5ccccc5c3-4)c2)cc(C(C)(C)C)c1. The van der Waals surface area contributed by atoms with Crippen molar-refractivity contribution in [1.29, 1.82) is 0 Å². The topological polar surface area (TPSA) is 55.8 Å². The lowest BCUT2D eigenvalue weighted by Crippen LogP contribution is -2.16. The van der Waals surface area contributed by atoms with Gasteiger partial charge in [-0.25, -0.2) is 4.57 Å². The fourth-order valence-corrected chi connectivity index (χ4v) is 13.8. The summed E-state index contributed by atoms with van der Waals surface area (Å²) in [6.45, 7) is 54.9. The monoisotopic (exact) mass is 1250 g/mol. The Bertz CT molecular complexity index is 4050. The molecule has 0 amide bonds. The van der Waals surface area contributed by atoms with Crippen molar-refractivity contribution in [3.05, 3.63) is 214 Å². The smallest absolute Gasteiger partial charge is 0.394 e. The van der Waals surface area contributed by atoms with E-state index in [9.17, 15) is 4.89 Å². The van der Waals surface area contributed by atoms with Gasteiger partial charge in [-0.1, -0.05) is 287 Å². The predicted molar refractivity (Wildman–Crippen MR) is 400 cm³/mol. The van der Waals surface area contributed by atoms with E-state index in [4.69, 9.17) is 9.05 Å². The molecule has 4 nitrogen and oxygen atoms in total. The van der Waals surface area contributed by atoms with Crippen molar-refractivity contribution < 1.29 is 18.5 Å². The van der Waals surface area contributed by atoms with Gasteiger partial charge < -0.3 is 9.05 Å². The zero-order chi connectivity index (χ0) is 67.9. The van der Waals surface area contributed by atoms with Crippen molar-refractivity contribution >= 4 is 29.4 Å². The summed E-state index contributed by atoms with van der Waals surface area (Å²) in [6.07, 6.45) is 0. The first-order valence-electron chi connectivity index (χ1n) is 33.6. The highest BCUT2D eigenvalue weighted by molar-refractivity contribution is 7.48. The maximum Gasteiger partial charge on any atom is 0.584 e. The fraction of sp³-hybridized carbons (Fsp3) is 0.364. The van der Waals surface area contributed by atoms with E-state index < -0.39 is 7.82 Å². The van der Waals surface area contributed by atoms with Crippen molar-refractivity contribution in [1.82, 2.24) is 0 Å². The molecule has 0 spiro atoms. The summed E-state index contributed by atoms with van der Waals surface area (Å²) >= 11 is 0. The predicted octanol–water partition coefficient (Wildman–Crippen LogP) is 25.9. The fourth-order valence-electron chi connectivity index (χ4n) is 12.9. The van der Waals surface area contributed by atoms with E-state index >= 15 is 4.57 Å². The molecule has 0 bridgehead atoms. The van der Waals surface area contributed by atoms with E-state index in [0.717, 1.165) is 77.2 Å². The van der Waals surface area contributed by atoms with Crippen LogP contribution >= 0.6 is 7.82 Å². The second-order valence-electron chi connectivity index (χ2n) is 35.1. The molecule has 1 heterocycles. The quantitative estimate of drug-likeness (QED) is 0.169. The molecule has 1 aliphatic heterocycles. The Kier molecular flexibility index (Phi) is 16.5. The van der Waals surface area contributed by atoms with Crippen LogP contribution in [0.1, 0.15) is 211 Å². The molecule has 93 heavy (non-hydrogen) atoms. The van der Waals surface area contributed by atoms with Gasteiger partial charge in [0.25, 0.3) is 0 Å². The van der Waals surface area contributed by atoms with E-state index in [1.165, 1.54) is 44.5 Å². The van der Waals surface area contributed by atoms with Crippen molar-refractivity contribution in [2.45, 2.75) is 209 Å². The summed E-state index contributed by atoms with van der Waals surface area (Å²) in [6, 6.07) is 63.2. The maximum atomic E-state index is 15.7. The zero-order valence-electron chi connectivity index (χ0n) is 60.3. The summed E-state index contributed by atoms with van der Waals surface area (Å²) in [7, 11) is -5.03. The van der Waals surface area contributed by atoms with E-state index in [2.05, 4.69) is 324 Å². The molecule has 0 unspecified atom stereocenters. The number of phosphoric ester groups is 1. The molecule has 10 aromatic rings. The third-order valence-corrected chi connectivity index (χ3v) is 20.0. The van der Waals surface area contributed by atoms with E-state index in [-0.39, 0.29) is 54.8 Å². The van der Waals surface area contributed by atoms with Crippen molar-refractivity contribution in [3.63, 3.8) is 0 Å². The van der Waals surface area contributed by atoms with Gasteiger partial charge in [0.1, 0.15) is 11.5 Å². The van der Waals surface area contributed by atoms with Crippen LogP contribution < -0.4 is 9.05 Å². The first kappa shape index (κ1) is 66.9. The highest BCUT2D eigenvalue weighted by Crippen LogP contribution is 2.62. The Labute approximate surface area is 557 Å². The lowest BCUT2D eigenvalue weighted by Gasteiger charge is -2.27. The van der Waals surface area contributed by atoms with Crippen LogP contribution in [0.15, 0.2) is 170 Å². The van der Waals surface area contributed by atoms with E-state index in [1.807, 2.05) is 12.1 Å². The third kappa shape index (κ3) is 13.8. The van der Waals surface area contributed by atoms with Crippen LogP contribution in [0, 0.1) is 0 Å². The van der Waals surface area contributed by atoms with Crippen LogP contribution in [0.25, 0.3) is 99.4 Å². The molecular weight excluding hydrogens is 1150 g/mol. The second kappa shape index (κ2) is 22.9. The summed E-state index contributed by atoms with van der Waals surface area (Å²) in [4.78, 5) is 12.8. The van der Waals surface area contributed by atoms with Gasteiger partial charge in [-0.2, -0.15) is 0 Å². The standard InChI is InChI=1S/C88H101O4P/c1-81(2,3)65-39-59(40-66(49-65)82(4,5)6)55-33-56(60-41-67(83(7,8)9)50-68(42-60)84(10,11)12)36-63(35-55)75-47-53-29-25-27-31-73(53)77-78-74-32-28-26-30-54(74)48-76(80(78)92-93(89,90)91-79(75)77)64-37-57(61-43-69(85(13,14)15)51-70(44-61)86(16,17)18)34-58(38-64)62-45-71(87(19,20)21)52-72(46-62)88(22,23)24/h25-52H,1-24H3,(H,89,90). The summed E-state index contributed by atoms with van der Waals surface area (Å²) in [5.74, 6) is 0.580. The number of rotatable bonds is 6. The highest BCUT2D eigenvalue weighted by atomic mass is 31.2. The maximum absolute atomic E-state index is 15.7. The summed E-state index contributed by atoms with van der Waals surface area (Å²) in [5, 5.41) is 3.66. The third-order valence-electron chi connectivity index (χ3n) is 19.1. The van der Waals surface area contributed by atoms with Gasteiger partial charge in [0.2, 0.25) is 0 Å². The van der Waals surface area contributed by atoms with Crippen LogP contribution in [-0.4, -0.2) is 4.89 Å². The molecule has 0 atom stereocenters. The van der Waals surface area contributed by atoms with Gasteiger partial charge in [0.05, 0.1) is 0 Å². The summed E-state index contributed by atoms with van der Waals surface area (Å²) < 4.78 is 29.5. The van der Waals surface area contributed by atoms with E-state index in [1.54, 1.807) is 0 Å². The Balaban J connectivity index is 1.27. The number of benzene rings is 10. The number of fused-ring (bicyclic) bond motifs is 7. The normalized spacial score (nSPS) is 14.2. The molecule has 10 aromatic carbocycles. The second-order valence-corrected chi connectivity index (χ2v) is 36.4. The molecule has 0 radical (unpaired) electrons. The molecule has 0 aliphatic carbocycles. The highest BCUT2D eigenvalue weighted by Gasteiger charge is 2.39. The molecule has 0 aromatic heterocycles. The number of hydrogen-bond donors (Lipinski definition) is 1. The minimum Gasteiger partial charge on any atom is -0.394 e. The van der Waals surface area contributed by atoms with Crippen molar-refractivity contribution in [3.8, 4) is 89.4 Å². The minimum absolute atomic E-state index is 0.136. The van der Waals surface area contributed by atoms with Gasteiger partial charge >= 0.3 is 7.82 Å². The van der Waals surface area contributed by atoms with Crippen LogP contribution in [0.4, 0.5) is 0 Å². The van der Waals surface area contributed by atoms with Crippen molar-refractivity contribution in [2.24, 2.45) is 0 Å². The molecule has 1 aliphatic rings. The van der Waals surface area contributed by atoms with Gasteiger partial charge in [-0.05, 0) is 214 Å². The molecule has 0 fully saturated rings. The molecule has 5 heteroatoms. The van der Waals surface area contributed by atoms with Gasteiger partial charge in [0.15, 0.2) is 0 Å². The Morgan fingerprint density at radius 2 is 0.452 bits per heavy atom. The van der Waals surface area contributed by atoms with Gasteiger partial charge in [0, 0.05) is 22.3 Å². The first-order chi connectivity index (χ1) is 42.8. The number of hydrogen-bond acceptors (Lipinski definition) is 3. The van der Waals surface area contributed by atoms with E-state index in [0.29, 0.717) is 22.3 Å². The summed E-state index contributed by atoms with van der Waals surface area (Å²) in [5.41, 5.74) is 21.9. The minimum atomic E-state index is -5.03. The Hall–Kier alpha value is -7.49. The van der Waals surface area contributed by atoms with Crippen LogP contribution in [-0.2, 0) is 47.9 Å². The molecule has 11 rings (SSSR count). The Morgan fingerprint density at radius 3 is 0.667 bits per heavy atom. The van der Waals surface area contributed by atoms with Crippen LogP contribution in [0.5, 0.6) is 11.5 Å². The molecule has 482 valence electrons. The molecule has 0 saturated heterocycles. The molecule has 1 N–H and O–H groups in total. The molecular formula is C88H101O4P. The largest absolute Gasteiger partial charge is 0.584 e. The zero-order valence-corrected chi connectivity index (χ0v) is 61.2.